The first-order valence-corrected chi connectivity index (χ1v) is 5.89. The van der Waals surface area contributed by atoms with Crippen molar-refractivity contribution >= 4 is 5.69 Å². The highest BCUT2D eigenvalue weighted by Crippen LogP contribution is 2.19. The molecule has 1 aliphatic rings. The van der Waals surface area contributed by atoms with Crippen molar-refractivity contribution in [3.8, 4) is 5.75 Å². The van der Waals surface area contributed by atoms with E-state index in [1.165, 1.54) is 18.5 Å². The molecule has 0 radical (unpaired) electrons. The summed E-state index contributed by atoms with van der Waals surface area (Å²) in [6, 6.07) is 8.74. The zero-order valence-corrected chi connectivity index (χ0v) is 10.1. The van der Waals surface area contributed by atoms with E-state index >= 15 is 0 Å². The van der Waals surface area contributed by atoms with Gasteiger partial charge in [-0.2, -0.15) is 0 Å². The second kappa shape index (κ2) is 5.21. The molecule has 0 bridgehead atoms. The maximum absolute atomic E-state index is 5.79. The van der Waals surface area contributed by atoms with Crippen molar-refractivity contribution in [2.45, 2.75) is 18.9 Å². The van der Waals surface area contributed by atoms with Crippen LogP contribution >= 0.6 is 0 Å². The molecule has 88 valence electrons. The number of nitrogens with zero attached hydrogens (tertiary/aromatic N) is 1. The van der Waals surface area contributed by atoms with Crippen molar-refractivity contribution < 1.29 is 4.74 Å². The lowest BCUT2D eigenvalue weighted by Crippen LogP contribution is -2.28. The third-order valence-corrected chi connectivity index (χ3v) is 2.95. The van der Waals surface area contributed by atoms with E-state index in [0.717, 1.165) is 18.9 Å². The molecule has 3 heteroatoms. The zero-order chi connectivity index (χ0) is 11.4. The van der Waals surface area contributed by atoms with Crippen LogP contribution in [0.1, 0.15) is 12.8 Å². The summed E-state index contributed by atoms with van der Waals surface area (Å²) in [6.07, 6.45) is 2.50. The van der Waals surface area contributed by atoms with Gasteiger partial charge in [-0.25, -0.2) is 0 Å². The summed E-state index contributed by atoms with van der Waals surface area (Å²) in [5.74, 6) is 0.958. The topological polar surface area (TPSA) is 24.5 Å². The van der Waals surface area contributed by atoms with Gasteiger partial charge in [0.2, 0.25) is 0 Å². The van der Waals surface area contributed by atoms with E-state index in [9.17, 15) is 0 Å². The smallest absolute Gasteiger partial charge is 0.121 e. The standard InChI is InChI=1S/C13H20N2O/c1-15(2)12-6-3-7-13(9-12)16-10-11-5-4-8-14-11/h3,6-7,9,11,14H,4-5,8,10H2,1-2H3. The van der Waals surface area contributed by atoms with Crippen LogP contribution in [0, 0.1) is 0 Å². The van der Waals surface area contributed by atoms with E-state index in [1.807, 2.05) is 26.2 Å². The van der Waals surface area contributed by atoms with Gasteiger partial charge in [-0.3, -0.25) is 0 Å². The summed E-state index contributed by atoms with van der Waals surface area (Å²) in [5, 5.41) is 3.43. The summed E-state index contributed by atoms with van der Waals surface area (Å²) in [5.41, 5.74) is 1.18. The Morgan fingerprint density at radius 3 is 3.00 bits per heavy atom. The molecule has 3 nitrogen and oxygen atoms in total. The van der Waals surface area contributed by atoms with Crippen LogP contribution in [-0.2, 0) is 0 Å². The van der Waals surface area contributed by atoms with Crippen LogP contribution < -0.4 is 15.0 Å². The van der Waals surface area contributed by atoms with E-state index in [2.05, 4.69) is 22.3 Å². The molecule has 1 fully saturated rings. The molecule has 1 aromatic rings. The maximum atomic E-state index is 5.79. The van der Waals surface area contributed by atoms with Crippen molar-refractivity contribution in [2.75, 3.05) is 32.1 Å². The van der Waals surface area contributed by atoms with E-state index in [0.29, 0.717) is 6.04 Å². The van der Waals surface area contributed by atoms with Gasteiger partial charge >= 0.3 is 0 Å². The van der Waals surface area contributed by atoms with Gasteiger partial charge < -0.3 is 15.0 Å². The van der Waals surface area contributed by atoms with Crippen LogP contribution in [0.3, 0.4) is 0 Å². The van der Waals surface area contributed by atoms with Gasteiger partial charge in [0.05, 0.1) is 0 Å². The second-order valence-electron chi connectivity index (χ2n) is 4.50. The first kappa shape index (κ1) is 11.3. The van der Waals surface area contributed by atoms with Gasteiger partial charge in [-0.1, -0.05) is 6.07 Å². The van der Waals surface area contributed by atoms with Crippen LogP contribution in [0.2, 0.25) is 0 Å². The molecular weight excluding hydrogens is 200 g/mol. The van der Waals surface area contributed by atoms with E-state index in [-0.39, 0.29) is 0 Å². The third kappa shape index (κ3) is 2.89. The predicted octanol–water partition coefficient (Wildman–Crippen LogP) is 1.88. The number of rotatable bonds is 4. The average Bonchev–Trinajstić information content (AvgIpc) is 2.79. The molecule has 1 aliphatic heterocycles. The lowest BCUT2D eigenvalue weighted by Gasteiger charge is -2.15. The highest BCUT2D eigenvalue weighted by Gasteiger charge is 2.14. The minimum Gasteiger partial charge on any atom is -0.492 e. The van der Waals surface area contributed by atoms with Crippen LogP contribution in [-0.4, -0.2) is 33.3 Å². The molecule has 16 heavy (non-hydrogen) atoms. The van der Waals surface area contributed by atoms with Crippen molar-refractivity contribution in [1.29, 1.82) is 0 Å². The fraction of sp³-hybridized carbons (Fsp3) is 0.538. The molecule has 0 amide bonds. The van der Waals surface area contributed by atoms with Crippen LogP contribution in [0.5, 0.6) is 5.75 Å². The highest BCUT2D eigenvalue weighted by atomic mass is 16.5. The van der Waals surface area contributed by atoms with Crippen molar-refractivity contribution in [3.63, 3.8) is 0 Å². The Balaban J connectivity index is 1.90. The summed E-state index contributed by atoms with van der Waals surface area (Å²) in [7, 11) is 4.08. The van der Waals surface area contributed by atoms with E-state index in [4.69, 9.17) is 4.74 Å². The monoisotopic (exact) mass is 220 g/mol. The first-order valence-electron chi connectivity index (χ1n) is 5.89. The SMILES string of the molecule is CN(C)c1cccc(OCC2CCCN2)c1. The molecule has 1 N–H and O–H groups in total. The third-order valence-electron chi connectivity index (χ3n) is 2.95. The van der Waals surface area contributed by atoms with Crippen molar-refractivity contribution in [2.24, 2.45) is 0 Å². The van der Waals surface area contributed by atoms with Gasteiger partial charge in [-0.05, 0) is 31.5 Å². The summed E-state index contributed by atoms with van der Waals surface area (Å²) in [6.45, 7) is 1.91. The van der Waals surface area contributed by atoms with Crippen molar-refractivity contribution in [3.05, 3.63) is 24.3 Å². The minimum atomic E-state index is 0.531. The normalized spacial score (nSPS) is 19.8. The lowest BCUT2D eigenvalue weighted by atomic mass is 10.2. The molecule has 0 spiro atoms. The Kier molecular flexibility index (Phi) is 3.67. The number of benzene rings is 1. The minimum absolute atomic E-state index is 0.531. The molecule has 0 aromatic heterocycles. The molecule has 0 saturated carbocycles. The van der Waals surface area contributed by atoms with Gasteiger partial charge in [-0.15, -0.1) is 0 Å². The van der Waals surface area contributed by atoms with Gasteiger partial charge in [0.25, 0.3) is 0 Å². The molecule has 1 saturated heterocycles. The Hall–Kier alpha value is -1.22. The largest absolute Gasteiger partial charge is 0.492 e. The van der Waals surface area contributed by atoms with Gasteiger partial charge in [0, 0.05) is 31.9 Å². The molecule has 1 atom stereocenters. The fourth-order valence-electron chi connectivity index (χ4n) is 1.95. The quantitative estimate of drug-likeness (QED) is 0.838. The van der Waals surface area contributed by atoms with Crippen molar-refractivity contribution in [1.82, 2.24) is 5.32 Å². The zero-order valence-electron chi connectivity index (χ0n) is 10.1. The Morgan fingerprint density at radius 1 is 1.44 bits per heavy atom. The number of ether oxygens (including phenoxy) is 1. The van der Waals surface area contributed by atoms with Gasteiger partial charge in [0.15, 0.2) is 0 Å². The lowest BCUT2D eigenvalue weighted by molar-refractivity contribution is 0.277. The number of hydrogen-bond acceptors (Lipinski definition) is 3. The number of hydrogen-bond donors (Lipinski definition) is 1. The molecule has 1 aromatic carbocycles. The van der Waals surface area contributed by atoms with E-state index < -0.39 is 0 Å². The van der Waals surface area contributed by atoms with Crippen LogP contribution in [0.15, 0.2) is 24.3 Å². The predicted molar refractivity (Wildman–Crippen MR) is 67.3 cm³/mol. The molecule has 0 aliphatic carbocycles. The number of anilines is 1. The summed E-state index contributed by atoms with van der Waals surface area (Å²) in [4.78, 5) is 2.08. The molecular formula is C13H20N2O. The van der Waals surface area contributed by atoms with Gasteiger partial charge in [0.1, 0.15) is 12.4 Å². The summed E-state index contributed by atoms with van der Waals surface area (Å²) < 4.78 is 5.79. The molecule has 2 rings (SSSR count). The first-order chi connectivity index (χ1) is 7.75. The van der Waals surface area contributed by atoms with Crippen LogP contribution in [0.25, 0.3) is 0 Å². The Bertz CT molecular complexity index is 332. The second-order valence-corrected chi connectivity index (χ2v) is 4.50. The molecule has 1 unspecified atom stereocenters. The highest BCUT2D eigenvalue weighted by molar-refractivity contribution is 5.49. The Morgan fingerprint density at radius 2 is 2.31 bits per heavy atom. The summed E-state index contributed by atoms with van der Waals surface area (Å²) >= 11 is 0. The number of nitrogens with one attached hydrogen (secondary N) is 1. The average molecular weight is 220 g/mol. The fourth-order valence-corrected chi connectivity index (χ4v) is 1.95. The molecule has 1 heterocycles. The Labute approximate surface area is 97.4 Å². The van der Waals surface area contributed by atoms with Crippen LogP contribution in [0.4, 0.5) is 5.69 Å². The van der Waals surface area contributed by atoms with E-state index in [1.54, 1.807) is 0 Å². The maximum Gasteiger partial charge on any atom is 0.121 e.